The molecule has 0 fully saturated rings. The highest BCUT2D eigenvalue weighted by atomic mass is 16.1. The Morgan fingerprint density at radius 3 is 2.65 bits per heavy atom. The number of benzene rings is 2. The van der Waals surface area contributed by atoms with Crippen LogP contribution in [0.25, 0.3) is 28.2 Å². The fourth-order valence-corrected chi connectivity index (χ4v) is 4.52. The number of rotatable bonds is 9. The van der Waals surface area contributed by atoms with Crippen molar-refractivity contribution in [3.63, 3.8) is 0 Å². The number of amides is 1. The highest BCUT2D eigenvalue weighted by Crippen LogP contribution is 2.30. The van der Waals surface area contributed by atoms with Crippen LogP contribution in [0.15, 0.2) is 116 Å². The molecule has 7 heteroatoms. The molecule has 0 aliphatic rings. The summed E-state index contributed by atoms with van der Waals surface area (Å²) in [7, 11) is 0. The third kappa shape index (κ3) is 5.73. The van der Waals surface area contributed by atoms with Crippen LogP contribution in [0.2, 0.25) is 0 Å². The molecule has 40 heavy (non-hydrogen) atoms. The topological polar surface area (TPSA) is 98.7 Å². The predicted octanol–water partition coefficient (Wildman–Crippen LogP) is 5.99. The van der Waals surface area contributed by atoms with Crippen molar-refractivity contribution in [1.29, 1.82) is 0 Å². The van der Waals surface area contributed by atoms with Crippen molar-refractivity contribution < 1.29 is 4.79 Å². The molecule has 5 rings (SSSR count). The third-order valence-corrected chi connectivity index (χ3v) is 6.46. The van der Waals surface area contributed by atoms with Gasteiger partial charge in [0.1, 0.15) is 11.3 Å². The van der Waals surface area contributed by atoms with E-state index < -0.39 is 0 Å². The van der Waals surface area contributed by atoms with Crippen LogP contribution in [0.5, 0.6) is 0 Å². The van der Waals surface area contributed by atoms with Crippen LogP contribution in [0.1, 0.15) is 27.0 Å². The van der Waals surface area contributed by atoms with E-state index in [4.69, 9.17) is 10.7 Å². The second-order valence-corrected chi connectivity index (χ2v) is 9.32. The van der Waals surface area contributed by atoms with Gasteiger partial charge in [-0.2, -0.15) is 0 Å². The van der Waals surface area contributed by atoms with E-state index in [0.717, 1.165) is 27.9 Å². The van der Waals surface area contributed by atoms with Crippen molar-refractivity contribution in [2.75, 3.05) is 12.3 Å². The van der Waals surface area contributed by atoms with E-state index in [1.807, 2.05) is 90.4 Å². The zero-order valence-electron chi connectivity index (χ0n) is 22.3. The van der Waals surface area contributed by atoms with Gasteiger partial charge < -0.3 is 11.1 Å². The maximum Gasteiger partial charge on any atom is 0.251 e. The van der Waals surface area contributed by atoms with Crippen molar-refractivity contribution in [1.82, 2.24) is 24.8 Å². The van der Waals surface area contributed by atoms with E-state index in [-0.39, 0.29) is 5.91 Å². The number of nitrogens with two attached hydrogens (primary N) is 1. The van der Waals surface area contributed by atoms with Gasteiger partial charge in [-0.15, -0.1) is 0 Å². The number of hydrogen-bond acceptors (Lipinski definition) is 5. The molecule has 3 N–H and O–H groups in total. The number of allylic oxidation sites excluding steroid dienone is 4. The number of anilines is 1. The van der Waals surface area contributed by atoms with Gasteiger partial charge in [0.2, 0.25) is 0 Å². The van der Waals surface area contributed by atoms with Gasteiger partial charge >= 0.3 is 0 Å². The molecule has 3 aromatic heterocycles. The maximum atomic E-state index is 13.0. The van der Waals surface area contributed by atoms with Gasteiger partial charge in [0.25, 0.3) is 5.91 Å². The Labute approximate surface area is 233 Å². The summed E-state index contributed by atoms with van der Waals surface area (Å²) in [5.41, 5.74) is 12.9. The van der Waals surface area contributed by atoms with Crippen LogP contribution < -0.4 is 11.1 Å². The fraction of sp³-hybridized carbons (Fsp3) is 0.0909. The van der Waals surface area contributed by atoms with Gasteiger partial charge in [0.05, 0.1) is 5.56 Å². The molecule has 0 saturated carbocycles. The number of pyridine rings is 2. The van der Waals surface area contributed by atoms with Crippen molar-refractivity contribution in [2.24, 2.45) is 0 Å². The molecular formula is C33H30N6O. The molecule has 0 bridgehead atoms. The molecule has 0 aliphatic heterocycles. The Bertz CT molecular complexity index is 1730. The zero-order chi connectivity index (χ0) is 27.9. The molecule has 7 nitrogen and oxygen atoms in total. The van der Waals surface area contributed by atoms with Gasteiger partial charge in [-0.25, -0.2) is 15.0 Å². The van der Waals surface area contributed by atoms with E-state index in [2.05, 4.69) is 34.0 Å². The molecule has 198 valence electrons. The number of carbonyl (C=O) groups is 1. The average Bonchev–Trinajstić information content (AvgIpc) is 3.34. The van der Waals surface area contributed by atoms with Gasteiger partial charge in [-0.3, -0.25) is 9.36 Å². The van der Waals surface area contributed by atoms with Gasteiger partial charge in [-0.1, -0.05) is 67.3 Å². The Kier molecular flexibility index (Phi) is 7.92. The van der Waals surface area contributed by atoms with Crippen molar-refractivity contribution in [3.8, 4) is 11.4 Å². The number of nitrogen functional groups attached to an aromatic ring is 1. The third-order valence-electron chi connectivity index (χ3n) is 6.46. The van der Waals surface area contributed by atoms with Crippen LogP contribution in [0, 0.1) is 6.92 Å². The molecule has 0 aliphatic carbocycles. The molecular weight excluding hydrogens is 496 g/mol. The minimum absolute atomic E-state index is 0.112. The summed E-state index contributed by atoms with van der Waals surface area (Å²) in [4.78, 5) is 26.7. The summed E-state index contributed by atoms with van der Waals surface area (Å²) in [5, 5.41) is 3.00. The summed E-state index contributed by atoms with van der Waals surface area (Å²) in [6.07, 6.45) is 11.6. The zero-order valence-corrected chi connectivity index (χ0v) is 22.3. The molecule has 5 aromatic rings. The SMILES string of the molecule is C=C/C(=C\C=C\CNC(=O)c1ccccc1Cc1ccccc1)n1c(-c2cccnc2N)nc2cc(C)cnc21. The fourth-order valence-electron chi connectivity index (χ4n) is 4.52. The lowest BCUT2D eigenvalue weighted by atomic mass is 9.99. The predicted molar refractivity (Wildman–Crippen MR) is 162 cm³/mol. The molecule has 0 unspecified atom stereocenters. The van der Waals surface area contributed by atoms with Crippen molar-refractivity contribution >= 4 is 28.6 Å². The van der Waals surface area contributed by atoms with Crippen molar-refractivity contribution in [3.05, 3.63) is 138 Å². The van der Waals surface area contributed by atoms with E-state index in [0.29, 0.717) is 41.4 Å². The number of nitrogens with zero attached hydrogens (tertiary/aromatic N) is 4. The van der Waals surface area contributed by atoms with Crippen molar-refractivity contribution in [2.45, 2.75) is 13.3 Å². The number of hydrogen-bond donors (Lipinski definition) is 2. The van der Waals surface area contributed by atoms with Crippen LogP contribution in [0.3, 0.4) is 0 Å². The number of aromatic nitrogens is 4. The maximum absolute atomic E-state index is 13.0. The second-order valence-electron chi connectivity index (χ2n) is 9.32. The highest BCUT2D eigenvalue weighted by molar-refractivity contribution is 5.96. The molecule has 1 amide bonds. The van der Waals surface area contributed by atoms with E-state index in [1.165, 1.54) is 0 Å². The number of aryl methyl sites for hydroxylation is 1. The Balaban J connectivity index is 1.36. The van der Waals surface area contributed by atoms with E-state index >= 15 is 0 Å². The minimum atomic E-state index is -0.112. The summed E-state index contributed by atoms with van der Waals surface area (Å²) in [6.45, 7) is 6.36. The van der Waals surface area contributed by atoms with E-state index in [1.54, 1.807) is 18.5 Å². The Morgan fingerprint density at radius 1 is 1.05 bits per heavy atom. The highest BCUT2D eigenvalue weighted by Gasteiger charge is 2.18. The summed E-state index contributed by atoms with van der Waals surface area (Å²) in [5.74, 6) is 0.894. The lowest BCUT2D eigenvalue weighted by Gasteiger charge is -2.10. The summed E-state index contributed by atoms with van der Waals surface area (Å²) >= 11 is 0. The normalized spacial score (nSPS) is 11.7. The first kappa shape index (κ1) is 26.3. The smallest absolute Gasteiger partial charge is 0.251 e. The lowest BCUT2D eigenvalue weighted by molar-refractivity contribution is 0.0957. The summed E-state index contributed by atoms with van der Waals surface area (Å²) < 4.78 is 1.91. The van der Waals surface area contributed by atoms with Gasteiger partial charge in [0.15, 0.2) is 11.5 Å². The van der Waals surface area contributed by atoms with E-state index in [9.17, 15) is 4.79 Å². The molecule has 0 saturated heterocycles. The van der Waals surface area contributed by atoms with Crippen LogP contribution in [0.4, 0.5) is 5.82 Å². The standard InChI is InChI=1S/C33H30N6O/c1-3-26(39-31(28-17-11-19-35-30(28)34)38-29-20-23(2)22-37-32(29)39)15-9-10-18-36-33(40)27-16-8-7-14-25(27)21-24-12-5-4-6-13-24/h3-17,19-20,22H,1,18,21H2,2H3,(H2,34,35)(H,36,40)/b10-9+,26-15+. The van der Waals surface area contributed by atoms with Crippen LogP contribution >= 0.6 is 0 Å². The summed E-state index contributed by atoms with van der Waals surface area (Å²) in [6, 6.07) is 23.5. The number of fused-ring (bicyclic) bond motifs is 1. The molecule has 0 atom stereocenters. The molecule has 2 aromatic carbocycles. The number of carbonyl (C=O) groups excluding carboxylic acids is 1. The molecule has 0 spiro atoms. The Hall–Kier alpha value is -5.30. The molecule has 3 heterocycles. The Morgan fingerprint density at radius 2 is 1.85 bits per heavy atom. The van der Waals surface area contributed by atoms with Crippen LogP contribution in [-0.2, 0) is 6.42 Å². The van der Waals surface area contributed by atoms with Gasteiger partial charge in [0, 0.05) is 30.2 Å². The first-order valence-corrected chi connectivity index (χ1v) is 13.0. The monoisotopic (exact) mass is 526 g/mol. The van der Waals surface area contributed by atoms with Crippen LogP contribution in [-0.4, -0.2) is 32.0 Å². The lowest BCUT2D eigenvalue weighted by Crippen LogP contribution is -2.24. The quantitative estimate of drug-likeness (QED) is 0.230. The first-order valence-electron chi connectivity index (χ1n) is 13.0. The largest absolute Gasteiger partial charge is 0.383 e. The number of imidazole rings is 1. The average molecular weight is 527 g/mol. The number of nitrogens with one attached hydrogen (secondary N) is 1. The molecule has 0 radical (unpaired) electrons. The second kappa shape index (κ2) is 12.0. The first-order chi connectivity index (χ1) is 19.5. The van der Waals surface area contributed by atoms with Gasteiger partial charge in [-0.05, 0) is 66.5 Å². The minimum Gasteiger partial charge on any atom is -0.383 e.